The maximum absolute atomic E-state index is 13.0. The monoisotopic (exact) mass is 516 g/mol. The Morgan fingerprint density at radius 2 is 1.44 bits per heavy atom. The van der Waals surface area contributed by atoms with Gasteiger partial charge in [0, 0.05) is 16.7 Å². The van der Waals surface area contributed by atoms with Crippen LogP contribution in [0, 0.1) is 0 Å². The number of aliphatic imine (C=N–C) groups is 1. The fourth-order valence-electron chi connectivity index (χ4n) is 2.69. The minimum atomic E-state index is -1.51. The first-order chi connectivity index (χ1) is 17.1. The van der Waals surface area contributed by atoms with Gasteiger partial charge in [0.25, 0.3) is 0 Å². The number of ether oxygens (including phenoxy) is 2. The zero-order valence-corrected chi connectivity index (χ0v) is 21.8. The van der Waals surface area contributed by atoms with Crippen LogP contribution in [0.15, 0.2) is 63.3 Å². The molecule has 0 aliphatic carbocycles. The summed E-state index contributed by atoms with van der Waals surface area (Å²) in [5.41, 5.74) is 0.428. The molecule has 11 heteroatoms. The minimum Gasteiger partial charge on any atom is -0.446 e. The maximum atomic E-state index is 13.0. The molecule has 0 fully saturated rings. The van der Waals surface area contributed by atoms with E-state index in [9.17, 15) is 18.6 Å². The minimum absolute atomic E-state index is 0.196. The molecule has 3 N–H and O–H groups in total. The summed E-state index contributed by atoms with van der Waals surface area (Å²) in [5, 5.41) is 7.45. The first-order valence-corrected chi connectivity index (χ1v) is 12.7. The van der Waals surface area contributed by atoms with Crippen LogP contribution in [-0.4, -0.2) is 40.5 Å². The molecule has 2 aromatic carbocycles. The molecular weight excluding hydrogens is 484 g/mol. The van der Waals surface area contributed by atoms with Crippen LogP contribution >= 0.6 is 0 Å². The van der Waals surface area contributed by atoms with Gasteiger partial charge in [0.05, 0.1) is 22.2 Å². The van der Waals surface area contributed by atoms with Crippen molar-refractivity contribution < 1.29 is 28.1 Å². The summed E-state index contributed by atoms with van der Waals surface area (Å²) in [7, 11) is -1.51. The Hall–Kier alpha value is -3.73. The number of nitrogens with zero attached hydrogens (tertiary/aromatic N) is 1. The van der Waals surface area contributed by atoms with Gasteiger partial charge in [-0.25, -0.2) is 18.8 Å². The van der Waals surface area contributed by atoms with Gasteiger partial charge in [0.1, 0.15) is 12.2 Å². The Kier molecular flexibility index (Phi) is 11.1. The molecule has 36 heavy (non-hydrogen) atoms. The van der Waals surface area contributed by atoms with E-state index in [1.165, 1.54) is 19.1 Å². The Morgan fingerprint density at radius 3 is 1.94 bits per heavy atom. The third-order valence-corrected chi connectivity index (χ3v) is 6.27. The van der Waals surface area contributed by atoms with Crippen LogP contribution in [0.25, 0.3) is 0 Å². The number of amides is 3. The number of nitrogens with one attached hydrogen (secondary N) is 3. The van der Waals surface area contributed by atoms with Crippen LogP contribution in [-0.2, 0) is 25.1 Å². The summed E-state index contributed by atoms with van der Waals surface area (Å²) < 4.78 is 23.4. The number of anilines is 1. The molecule has 194 valence electrons. The van der Waals surface area contributed by atoms with Crippen molar-refractivity contribution in [1.82, 2.24) is 10.6 Å². The van der Waals surface area contributed by atoms with Crippen LogP contribution in [0.1, 0.15) is 47.5 Å². The average molecular weight is 517 g/mol. The first-order valence-electron chi connectivity index (χ1n) is 11.5. The van der Waals surface area contributed by atoms with Gasteiger partial charge in [-0.05, 0) is 57.0 Å². The second kappa shape index (κ2) is 14.0. The second-order valence-corrected chi connectivity index (χ2v) is 9.38. The predicted molar refractivity (Wildman–Crippen MR) is 138 cm³/mol. The van der Waals surface area contributed by atoms with E-state index in [0.717, 1.165) is 0 Å². The molecule has 0 aliphatic rings. The summed E-state index contributed by atoms with van der Waals surface area (Å²) in [6, 6.07) is 13.5. The number of benzene rings is 2. The molecule has 0 saturated heterocycles. The Bertz CT molecular complexity index is 1090. The van der Waals surface area contributed by atoms with Crippen molar-refractivity contribution in [3.63, 3.8) is 0 Å². The lowest BCUT2D eigenvalue weighted by atomic mass is 10.2. The molecule has 0 heterocycles. The predicted octanol–water partition coefficient (Wildman–Crippen LogP) is 4.85. The lowest BCUT2D eigenvalue weighted by Crippen LogP contribution is -2.45. The van der Waals surface area contributed by atoms with Crippen molar-refractivity contribution in [2.24, 2.45) is 4.99 Å². The second-order valence-electron chi connectivity index (χ2n) is 7.90. The Balaban J connectivity index is 2.43. The van der Waals surface area contributed by atoms with Gasteiger partial charge in [0.15, 0.2) is 0 Å². The van der Waals surface area contributed by atoms with E-state index in [2.05, 4.69) is 20.9 Å². The number of hydrogen-bond donors (Lipinski definition) is 3. The zero-order chi connectivity index (χ0) is 26.7. The lowest BCUT2D eigenvalue weighted by molar-refractivity contribution is -0.114. The van der Waals surface area contributed by atoms with Gasteiger partial charge in [-0.2, -0.15) is 0 Å². The number of carbonyl (C=O) groups is 3. The lowest BCUT2D eigenvalue weighted by Gasteiger charge is -2.16. The molecule has 0 aromatic heterocycles. The highest BCUT2D eigenvalue weighted by molar-refractivity contribution is 7.85. The fourth-order valence-corrected chi connectivity index (χ4v) is 3.78. The quantitative estimate of drug-likeness (QED) is 0.339. The van der Waals surface area contributed by atoms with Crippen LogP contribution in [0.4, 0.5) is 21.0 Å². The number of rotatable bonds is 8. The molecule has 3 atom stereocenters. The fraction of sp³-hybridized carbons (Fsp3) is 0.360. The summed E-state index contributed by atoms with van der Waals surface area (Å²) in [4.78, 5) is 41.8. The van der Waals surface area contributed by atoms with E-state index in [1.54, 1.807) is 44.2 Å². The van der Waals surface area contributed by atoms with E-state index in [-0.39, 0.29) is 35.4 Å². The molecule has 0 radical (unpaired) electrons. The first kappa shape index (κ1) is 28.5. The van der Waals surface area contributed by atoms with E-state index in [1.807, 2.05) is 19.9 Å². The third kappa shape index (κ3) is 9.14. The smallest absolute Gasteiger partial charge is 0.414 e. The molecule has 3 amide bonds. The number of hydrogen-bond acceptors (Lipinski definition) is 7. The van der Waals surface area contributed by atoms with Gasteiger partial charge < -0.3 is 14.8 Å². The molecule has 0 saturated carbocycles. The van der Waals surface area contributed by atoms with Crippen molar-refractivity contribution in [1.29, 1.82) is 0 Å². The standard InChI is InChI=1S/C25H32N4O6S/c1-6-16(3)34-24(31)28-23(29-25(32)35-17(4)7-2)27-21-14-13-20(15-22(21)26-18(5)30)36(33)19-11-9-8-10-12-19/h8-17H,6-7H2,1-5H3,(H,26,30)(H2,27,28,29,31,32). The highest BCUT2D eigenvalue weighted by Crippen LogP contribution is 2.29. The molecule has 0 aliphatic heterocycles. The third-order valence-electron chi connectivity index (χ3n) is 4.89. The normalized spacial score (nSPS) is 12.9. The SMILES string of the molecule is CCC(C)OC(=O)NC(=Nc1ccc(S(=O)c2ccccc2)cc1NC(C)=O)NC(=O)OC(C)CC. The number of carbonyl (C=O) groups excluding carboxylic acids is 3. The van der Waals surface area contributed by atoms with Crippen molar-refractivity contribution in [3.05, 3.63) is 48.5 Å². The van der Waals surface area contributed by atoms with Crippen LogP contribution in [0.2, 0.25) is 0 Å². The largest absolute Gasteiger partial charge is 0.446 e. The number of guanidine groups is 1. The Labute approximate surface area is 213 Å². The van der Waals surface area contributed by atoms with Crippen molar-refractivity contribution >= 4 is 46.2 Å². The van der Waals surface area contributed by atoms with Crippen molar-refractivity contribution in [2.45, 2.75) is 69.5 Å². The van der Waals surface area contributed by atoms with E-state index >= 15 is 0 Å². The van der Waals surface area contributed by atoms with Gasteiger partial charge >= 0.3 is 12.2 Å². The summed E-state index contributed by atoms with van der Waals surface area (Å²) >= 11 is 0. The molecular formula is C25H32N4O6S. The van der Waals surface area contributed by atoms with Gasteiger partial charge in [-0.3, -0.25) is 15.4 Å². The zero-order valence-electron chi connectivity index (χ0n) is 21.0. The van der Waals surface area contributed by atoms with Crippen molar-refractivity contribution in [2.75, 3.05) is 5.32 Å². The van der Waals surface area contributed by atoms with Crippen LogP contribution in [0.3, 0.4) is 0 Å². The molecule has 0 bridgehead atoms. The van der Waals surface area contributed by atoms with Gasteiger partial charge in [-0.15, -0.1) is 0 Å². The van der Waals surface area contributed by atoms with Crippen LogP contribution in [0.5, 0.6) is 0 Å². The van der Waals surface area contributed by atoms with Crippen molar-refractivity contribution in [3.8, 4) is 0 Å². The van der Waals surface area contributed by atoms with E-state index < -0.39 is 23.0 Å². The Morgan fingerprint density at radius 1 is 0.889 bits per heavy atom. The highest BCUT2D eigenvalue weighted by Gasteiger charge is 2.17. The summed E-state index contributed by atoms with van der Waals surface area (Å²) in [6.45, 7) is 8.48. The summed E-state index contributed by atoms with van der Waals surface area (Å²) in [6.07, 6.45) is -1.18. The molecule has 0 spiro atoms. The number of alkyl carbamates (subject to hydrolysis) is 2. The summed E-state index contributed by atoms with van der Waals surface area (Å²) in [5.74, 6) is -0.649. The average Bonchev–Trinajstić information content (AvgIpc) is 2.84. The maximum Gasteiger partial charge on any atom is 0.414 e. The van der Waals surface area contributed by atoms with E-state index in [4.69, 9.17) is 9.47 Å². The molecule has 10 nitrogen and oxygen atoms in total. The topological polar surface area (TPSA) is 135 Å². The molecule has 2 aromatic rings. The van der Waals surface area contributed by atoms with Crippen LogP contribution < -0.4 is 16.0 Å². The van der Waals surface area contributed by atoms with E-state index in [0.29, 0.717) is 22.6 Å². The van der Waals surface area contributed by atoms with Gasteiger partial charge in [-0.1, -0.05) is 32.0 Å². The highest BCUT2D eigenvalue weighted by atomic mass is 32.2. The molecule has 2 rings (SSSR count). The van der Waals surface area contributed by atoms with Gasteiger partial charge in [0.2, 0.25) is 11.9 Å². The molecule has 3 unspecified atom stereocenters.